The molecular formula is C14H8BrCl2FN2. The second-order valence-corrected chi connectivity index (χ2v) is 5.73. The molecule has 102 valence electrons. The van der Waals surface area contributed by atoms with E-state index in [4.69, 9.17) is 23.2 Å². The van der Waals surface area contributed by atoms with Crippen molar-refractivity contribution in [2.45, 2.75) is 5.88 Å². The zero-order valence-electron chi connectivity index (χ0n) is 10.1. The Morgan fingerprint density at radius 1 is 1.25 bits per heavy atom. The number of hydrogen-bond donors (Lipinski definition) is 0. The molecule has 6 heteroatoms. The van der Waals surface area contributed by atoms with E-state index in [0.717, 1.165) is 11.0 Å². The Labute approximate surface area is 133 Å². The van der Waals surface area contributed by atoms with Crippen LogP contribution < -0.4 is 0 Å². The Balaban J connectivity index is 2.36. The van der Waals surface area contributed by atoms with Gasteiger partial charge in [0.2, 0.25) is 0 Å². The van der Waals surface area contributed by atoms with Crippen LogP contribution in [0.5, 0.6) is 0 Å². The van der Waals surface area contributed by atoms with Crippen LogP contribution in [0, 0.1) is 5.82 Å². The minimum Gasteiger partial charge on any atom is -0.294 e. The molecule has 0 bridgehead atoms. The lowest BCUT2D eigenvalue weighted by Crippen LogP contribution is -2.00. The molecule has 20 heavy (non-hydrogen) atoms. The number of halogens is 4. The molecule has 0 atom stereocenters. The van der Waals surface area contributed by atoms with E-state index in [2.05, 4.69) is 20.9 Å². The molecule has 2 nitrogen and oxygen atoms in total. The lowest BCUT2D eigenvalue weighted by molar-refractivity contribution is 0.620. The number of benzene rings is 2. The highest BCUT2D eigenvalue weighted by Gasteiger charge is 2.15. The molecule has 0 aliphatic carbocycles. The maximum absolute atomic E-state index is 13.8. The van der Waals surface area contributed by atoms with Crippen LogP contribution in [-0.4, -0.2) is 9.55 Å². The van der Waals surface area contributed by atoms with Gasteiger partial charge in [-0.05, 0) is 46.3 Å². The molecule has 0 aliphatic rings. The van der Waals surface area contributed by atoms with Crippen LogP contribution in [0.3, 0.4) is 0 Å². The van der Waals surface area contributed by atoms with E-state index in [9.17, 15) is 4.39 Å². The van der Waals surface area contributed by atoms with E-state index in [1.807, 2.05) is 12.1 Å². The summed E-state index contributed by atoms with van der Waals surface area (Å²) in [6, 6.07) is 10.3. The first kappa shape index (κ1) is 13.9. The Morgan fingerprint density at radius 2 is 2.05 bits per heavy atom. The van der Waals surface area contributed by atoms with Gasteiger partial charge in [-0.25, -0.2) is 9.37 Å². The molecule has 0 aliphatic heterocycles. The maximum Gasteiger partial charge on any atom is 0.139 e. The first-order valence-electron chi connectivity index (χ1n) is 5.79. The van der Waals surface area contributed by atoms with Crippen LogP contribution in [-0.2, 0) is 5.88 Å². The van der Waals surface area contributed by atoms with Crippen molar-refractivity contribution in [1.82, 2.24) is 9.55 Å². The molecule has 0 saturated heterocycles. The normalized spacial score (nSPS) is 11.2. The van der Waals surface area contributed by atoms with E-state index >= 15 is 0 Å². The number of alkyl halides is 1. The highest BCUT2D eigenvalue weighted by atomic mass is 79.9. The summed E-state index contributed by atoms with van der Waals surface area (Å²) < 4.78 is 15.9. The third-order valence-electron chi connectivity index (χ3n) is 2.98. The highest BCUT2D eigenvalue weighted by Crippen LogP contribution is 2.29. The van der Waals surface area contributed by atoms with Gasteiger partial charge in [0.15, 0.2) is 0 Å². The molecule has 1 heterocycles. The Bertz CT molecular complexity index is 801. The van der Waals surface area contributed by atoms with Crippen LogP contribution in [0.25, 0.3) is 16.7 Å². The zero-order chi connectivity index (χ0) is 14.3. The fourth-order valence-electron chi connectivity index (χ4n) is 2.13. The zero-order valence-corrected chi connectivity index (χ0v) is 13.2. The van der Waals surface area contributed by atoms with Crippen molar-refractivity contribution in [3.63, 3.8) is 0 Å². The summed E-state index contributed by atoms with van der Waals surface area (Å²) in [5.41, 5.74) is 2.10. The van der Waals surface area contributed by atoms with Crippen LogP contribution in [0.15, 0.2) is 40.9 Å². The maximum atomic E-state index is 13.8. The average Bonchev–Trinajstić information content (AvgIpc) is 2.82. The molecule has 3 rings (SSSR count). The number of fused-ring (bicyclic) bond motifs is 1. The molecule has 1 aromatic heterocycles. The van der Waals surface area contributed by atoms with Gasteiger partial charge in [0.05, 0.1) is 32.1 Å². The molecule has 0 unspecified atom stereocenters. The van der Waals surface area contributed by atoms with Crippen molar-refractivity contribution in [2.75, 3.05) is 0 Å². The summed E-state index contributed by atoms with van der Waals surface area (Å²) in [4.78, 5) is 4.43. The fourth-order valence-corrected chi connectivity index (χ4v) is 2.81. The second kappa shape index (κ2) is 5.35. The van der Waals surface area contributed by atoms with Crippen molar-refractivity contribution in [3.8, 4) is 5.69 Å². The van der Waals surface area contributed by atoms with Gasteiger partial charge in [-0.15, -0.1) is 11.6 Å². The lowest BCUT2D eigenvalue weighted by Gasteiger charge is -2.09. The molecule has 3 aromatic rings. The third kappa shape index (κ3) is 2.22. The van der Waals surface area contributed by atoms with Gasteiger partial charge in [0.1, 0.15) is 11.6 Å². The van der Waals surface area contributed by atoms with E-state index < -0.39 is 0 Å². The molecule has 0 saturated carbocycles. The number of nitrogens with zero attached hydrogens (tertiary/aromatic N) is 2. The lowest BCUT2D eigenvalue weighted by atomic mass is 10.2. The molecule has 0 N–H and O–H groups in total. The Hall–Kier alpha value is -1.10. The van der Waals surface area contributed by atoms with E-state index in [-0.39, 0.29) is 11.7 Å². The summed E-state index contributed by atoms with van der Waals surface area (Å²) in [5.74, 6) is 0.483. The van der Waals surface area contributed by atoms with Crippen LogP contribution >= 0.6 is 39.1 Å². The van der Waals surface area contributed by atoms with Crippen molar-refractivity contribution < 1.29 is 4.39 Å². The standard InChI is InChI=1S/C14H8BrCl2FN2/c15-9-5-4-8(6-11(9)18)20-13(7-16)19-12-3-1-2-10(17)14(12)20/h1-6H,7H2. The number of aromatic nitrogens is 2. The molecule has 2 aromatic carbocycles. The number of rotatable bonds is 2. The summed E-state index contributed by atoms with van der Waals surface area (Å²) >= 11 is 15.3. The van der Waals surface area contributed by atoms with Gasteiger partial charge in [-0.2, -0.15) is 0 Å². The van der Waals surface area contributed by atoms with Gasteiger partial charge in [-0.1, -0.05) is 17.7 Å². The van der Waals surface area contributed by atoms with Crippen molar-refractivity contribution >= 4 is 50.2 Å². The van der Waals surface area contributed by atoms with E-state index in [1.165, 1.54) is 6.07 Å². The summed E-state index contributed by atoms with van der Waals surface area (Å²) in [6.45, 7) is 0. The van der Waals surface area contributed by atoms with Crippen LogP contribution in [0.4, 0.5) is 4.39 Å². The van der Waals surface area contributed by atoms with Crippen LogP contribution in [0.2, 0.25) is 5.02 Å². The Kier molecular flexibility index (Phi) is 3.71. The largest absolute Gasteiger partial charge is 0.294 e. The van der Waals surface area contributed by atoms with Gasteiger partial charge >= 0.3 is 0 Å². The monoisotopic (exact) mass is 372 g/mol. The molecule has 0 radical (unpaired) electrons. The fraction of sp³-hybridized carbons (Fsp3) is 0.0714. The summed E-state index contributed by atoms with van der Waals surface area (Å²) in [5, 5.41) is 0.551. The molecule has 0 spiro atoms. The van der Waals surface area contributed by atoms with Gasteiger partial charge in [0, 0.05) is 0 Å². The molecular weight excluding hydrogens is 366 g/mol. The summed E-state index contributed by atoms with van der Waals surface area (Å²) in [6.07, 6.45) is 0. The number of hydrogen-bond acceptors (Lipinski definition) is 1. The molecule has 0 amide bonds. The van der Waals surface area contributed by atoms with Gasteiger partial charge < -0.3 is 0 Å². The predicted molar refractivity (Wildman–Crippen MR) is 83.3 cm³/mol. The Morgan fingerprint density at radius 3 is 2.75 bits per heavy atom. The first-order valence-corrected chi connectivity index (χ1v) is 7.49. The van der Waals surface area contributed by atoms with E-state index in [1.54, 1.807) is 22.8 Å². The highest BCUT2D eigenvalue weighted by molar-refractivity contribution is 9.10. The van der Waals surface area contributed by atoms with Gasteiger partial charge in [0.25, 0.3) is 0 Å². The van der Waals surface area contributed by atoms with Crippen molar-refractivity contribution in [1.29, 1.82) is 0 Å². The van der Waals surface area contributed by atoms with Crippen molar-refractivity contribution in [2.24, 2.45) is 0 Å². The average molecular weight is 374 g/mol. The second-order valence-electron chi connectivity index (χ2n) is 4.20. The molecule has 0 fully saturated rings. The predicted octanol–water partition coefficient (Wildman–Crippen LogP) is 5.32. The smallest absolute Gasteiger partial charge is 0.139 e. The topological polar surface area (TPSA) is 17.8 Å². The van der Waals surface area contributed by atoms with Crippen molar-refractivity contribution in [3.05, 3.63) is 57.5 Å². The minimum atomic E-state index is -0.350. The van der Waals surface area contributed by atoms with Crippen LogP contribution in [0.1, 0.15) is 5.82 Å². The number of imidazole rings is 1. The number of para-hydroxylation sites is 1. The minimum absolute atomic E-state index is 0.211. The quantitative estimate of drug-likeness (QED) is 0.556. The summed E-state index contributed by atoms with van der Waals surface area (Å²) in [7, 11) is 0. The third-order valence-corrected chi connectivity index (χ3v) is 4.16. The van der Waals surface area contributed by atoms with E-state index in [0.29, 0.717) is 21.0 Å². The van der Waals surface area contributed by atoms with Gasteiger partial charge in [-0.3, -0.25) is 4.57 Å². The first-order chi connectivity index (χ1) is 9.61. The SMILES string of the molecule is Fc1cc(-n2c(CCl)nc3cccc(Cl)c32)ccc1Br.